The summed E-state index contributed by atoms with van der Waals surface area (Å²) in [6.45, 7) is 5.78. The topological polar surface area (TPSA) is 115 Å². The van der Waals surface area contributed by atoms with Gasteiger partial charge in [-0.2, -0.15) is 0 Å². The molecule has 2 aromatic rings. The number of esters is 1. The van der Waals surface area contributed by atoms with Crippen LogP contribution in [0.4, 0.5) is 0 Å². The minimum Gasteiger partial charge on any atom is -0.491 e. The molecule has 0 atom stereocenters. The zero-order chi connectivity index (χ0) is 24.2. The van der Waals surface area contributed by atoms with Crippen molar-refractivity contribution in [3.63, 3.8) is 0 Å². The zero-order valence-corrected chi connectivity index (χ0v) is 19.5. The number of ether oxygens (including phenoxy) is 3. The third kappa shape index (κ3) is 9.16. The molecular weight excluding hydrogens is 446 g/mol. The Morgan fingerprint density at radius 1 is 0.909 bits per heavy atom. The van der Waals surface area contributed by atoms with Crippen molar-refractivity contribution in [1.82, 2.24) is 16.2 Å². The van der Waals surface area contributed by atoms with Gasteiger partial charge in [0, 0.05) is 5.56 Å². The van der Waals surface area contributed by atoms with Crippen molar-refractivity contribution in [2.45, 2.75) is 33.3 Å². The van der Waals surface area contributed by atoms with E-state index in [0.717, 1.165) is 6.42 Å². The fourth-order valence-electron chi connectivity index (χ4n) is 2.44. The van der Waals surface area contributed by atoms with Gasteiger partial charge in [-0.05, 0) is 81.0 Å². The highest BCUT2D eigenvalue weighted by molar-refractivity contribution is 7.80. The van der Waals surface area contributed by atoms with Crippen LogP contribution in [0.15, 0.2) is 48.5 Å². The molecule has 0 saturated carbocycles. The van der Waals surface area contributed by atoms with Crippen molar-refractivity contribution in [3.05, 3.63) is 59.7 Å². The van der Waals surface area contributed by atoms with E-state index < -0.39 is 17.8 Å². The summed E-state index contributed by atoms with van der Waals surface area (Å²) in [4.78, 5) is 35.9. The summed E-state index contributed by atoms with van der Waals surface area (Å²) < 4.78 is 15.9. The van der Waals surface area contributed by atoms with Gasteiger partial charge in [0.05, 0.1) is 18.3 Å². The minimum atomic E-state index is -0.520. The Bertz CT molecular complexity index is 961. The van der Waals surface area contributed by atoms with Crippen molar-refractivity contribution in [1.29, 1.82) is 0 Å². The lowest BCUT2D eigenvalue weighted by molar-refractivity contribution is -0.123. The van der Waals surface area contributed by atoms with Gasteiger partial charge >= 0.3 is 5.97 Å². The fraction of sp³-hybridized carbons (Fsp3) is 0.304. The van der Waals surface area contributed by atoms with Crippen molar-refractivity contribution in [3.8, 4) is 11.5 Å². The number of hydrogen-bond acceptors (Lipinski definition) is 7. The van der Waals surface area contributed by atoms with E-state index in [-0.39, 0.29) is 17.8 Å². The van der Waals surface area contributed by atoms with Crippen LogP contribution in [-0.2, 0) is 9.53 Å². The molecule has 0 fully saturated rings. The molecule has 3 N–H and O–H groups in total. The number of carbonyl (C=O) groups excluding carboxylic acids is 3. The van der Waals surface area contributed by atoms with Gasteiger partial charge in [-0.1, -0.05) is 6.92 Å². The molecule has 176 valence electrons. The Labute approximate surface area is 197 Å². The monoisotopic (exact) mass is 473 g/mol. The lowest BCUT2D eigenvalue weighted by Gasteiger charge is -2.12. The van der Waals surface area contributed by atoms with Crippen molar-refractivity contribution in [2.75, 3.05) is 13.2 Å². The average Bonchev–Trinajstić information content (AvgIpc) is 2.80. The number of hydrogen-bond donors (Lipinski definition) is 3. The second kappa shape index (κ2) is 13.0. The third-order valence-corrected chi connectivity index (χ3v) is 4.13. The Balaban J connectivity index is 1.71. The van der Waals surface area contributed by atoms with Crippen LogP contribution in [-0.4, -0.2) is 42.2 Å². The molecule has 0 heterocycles. The van der Waals surface area contributed by atoms with Crippen LogP contribution in [0.2, 0.25) is 0 Å². The fourth-order valence-corrected chi connectivity index (χ4v) is 2.58. The van der Waals surface area contributed by atoms with Gasteiger partial charge < -0.3 is 14.2 Å². The van der Waals surface area contributed by atoms with E-state index >= 15 is 0 Å². The van der Waals surface area contributed by atoms with E-state index in [4.69, 9.17) is 26.4 Å². The quantitative estimate of drug-likeness (QED) is 0.289. The Hall–Kier alpha value is -3.66. The van der Waals surface area contributed by atoms with Crippen LogP contribution in [0.25, 0.3) is 0 Å². The van der Waals surface area contributed by atoms with Crippen molar-refractivity contribution < 1.29 is 28.6 Å². The molecule has 9 nitrogen and oxygen atoms in total. The van der Waals surface area contributed by atoms with Crippen LogP contribution in [0.3, 0.4) is 0 Å². The molecule has 0 aliphatic carbocycles. The Morgan fingerprint density at radius 3 is 2.12 bits per heavy atom. The highest BCUT2D eigenvalue weighted by Gasteiger charge is 2.10. The molecular formula is C23H27N3O6S. The number of benzene rings is 2. The molecule has 2 aromatic carbocycles. The highest BCUT2D eigenvalue weighted by atomic mass is 32.1. The lowest BCUT2D eigenvalue weighted by Crippen LogP contribution is -2.49. The van der Waals surface area contributed by atoms with Crippen molar-refractivity contribution >= 4 is 35.1 Å². The first-order valence-electron chi connectivity index (χ1n) is 10.4. The number of rotatable bonds is 9. The predicted octanol–water partition coefficient (Wildman–Crippen LogP) is 2.76. The molecule has 0 saturated heterocycles. The van der Waals surface area contributed by atoms with Gasteiger partial charge in [-0.3, -0.25) is 25.8 Å². The molecule has 0 spiro atoms. The molecule has 0 unspecified atom stereocenters. The van der Waals surface area contributed by atoms with Gasteiger partial charge in [-0.25, -0.2) is 4.79 Å². The Kier molecular flexibility index (Phi) is 10.1. The first kappa shape index (κ1) is 25.6. The summed E-state index contributed by atoms with van der Waals surface area (Å²) in [5.41, 5.74) is 5.54. The number of thiocarbonyl (C=S) groups is 1. The van der Waals surface area contributed by atoms with E-state index in [1.165, 1.54) is 0 Å². The van der Waals surface area contributed by atoms with E-state index in [1.807, 2.05) is 20.8 Å². The largest absolute Gasteiger partial charge is 0.491 e. The standard InChI is InChI=1S/C23H27N3O6S/c1-4-13-30-22(29)17-7-9-18(10-8-17)31-14-20(27)25-26-23(33)24-21(28)16-5-11-19(12-6-16)32-15(2)3/h5-12,15H,4,13-14H2,1-3H3,(H,25,27)(H2,24,26,28,33). The van der Waals surface area contributed by atoms with Crippen LogP contribution in [0.1, 0.15) is 47.9 Å². The summed E-state index contributed by atoms with van der Waals surface area (Å²) >= 11 is 5.01. The first-order chi connectivity index (χ1) is 15.8. The summed E-state index contributed by atoms with van der Waals surface area (Å²) in [6.07, 6.45) is 0.771. The van der Waals surface area contributed by atoms with Crippen LogP contribution in [0, 0.1) is 0 Å². The van der Waals surface area contributed by atoms with Gasteiger partial charge in [-0.15, -0.1) is 0 Å². The van der Waals surface area contributed by atoms with E-state index in [1.54, 1.807) is 48.5 Å². The number of nitrogens with one attached hydrogen (secondary N) is 3. The summed E-state index contributed by atoms with van der Waals surface area (Å²) in [5.74, 6) is -0.320. The molecule has 0 bridgehead atoms. The maximum Gasteiger partial charge on any atom is 0.338 e. The second-order valence-corrected chi connectivity index (χ2v) is 7.50. The van der Waals surface area contributed by atoms with Crippen LogP contribution in [0.5, 0.6) is 11.5 Å². The molecule has 0 aliphatic heterocycles. The number of carbonyl (C=O) groups is 3. The summed E-state index contributed by atoms with van der Waals surface area (Å²) in [5, 5.41) is 2.38. The van der Waals surface area contributed by atoms with Crippen molar-refractivity contribution in [2.24, 2.45) is 0 Å². The normalized spacial score (nSPS) is 10.2. The van der Waals surface area contributed by atoms with Gasteiger partial charge in [0.15, 0.2) is 11.7 Å². The minimum absolute atomic E-state index is 0.0303. The molecule has 0 aromatic heterocycles. The molecule has 2 amide bonds. The first-order valence-corrected chi connectivity index (χ1v) is 10.8. The summed E-state index contributed by atoms with van der Waals surface area (Å²) in [7, 11) is 0. The molecule has 0 radical (unpaired) electrons. The highest BCUT2D eigenvalue weighted by Crippen LogP contribution is 2.14. The predicted molar refractivity (Wildman–Crippen MR) is 126 cm³/mol. The lowest BCUT2D eigenvalue weighted by atomic mass is 10.2. The van der Waals surface area contributed by atoms with E-state index in [9.17, 15) is 14.4 Å². The van der Waals surface area contributed by atoms with E-state index in [0.29, 0.717) is 29.2 Å². The van der Waals surface area contributed by atoms with Crippen LogP contribution < -0.4 is 25.6 Å². The molecule has 0 aliphatic rings. The average molecular weight is 474 g/mol. The third-order valence-electron chi connectivity index (χ3n) is 3.93. The maximum atomic E-state index is 12.2. The van der Waals surface area contributed by atoms with E-state index in [2.05, 4.69) is 16.2 Å². The smallest absolute Gasteiger partial charge is 0.338 e. The zero-order valence-electron chi connectivity index (χ0n) is 18.7. The van der Waals surface area contributed by atoms with Crippen LogP contribution >= 0.6 is 12.2 Å². The molecule has 10 heteroatoms. The van der Waals surface area contributed by atoms with Gasteiger partial charge in [0.1, 0.15) is 11.5 Å². The summed E-state index contributed by atoms with van der Waals surface area (Å²) in [6, 6.07) is 12.8. The van der Waals surface area contributed by atoms with Gasteiger partial charge in [0.25, 0.3) is 11.8 Å². The SMILES string of the molecule is CCCOC(=O)c1ccc(OCC(=O)NNC(=S)NC(=O)c2ccc(OC(C)C)cc2)cc1. The molecule has 2 rings (SSSR count). The maximum absolute atomic E-state index is 12.2. The molecule has 33 heavy (non-hydrogen) atoms. The Morgan fingerprint density at radius 2 is 1.52 bits per heavy atom. The van der Waals surface area contributed by atoms with Gasteiger partial charge in [0.2, 0.25) is 0 Å². The number of hydrazine groups is 1. The number of amides is 2. The second-order valence-electron chi connectivity index (χ2n) is 7.10.